The Bertz CT molecular complexity index is 617. The summed E-state index contributed by atoms with van der Waals surface area (Å²) in [4.78, 5) is 27.1. The predicted octanol–water partition coefficient (Wildman–Crippen LogP) is 2.60. The summed E-state index contributed by atoms with van der Waals surface area (Å²) in [6, 6.07) is 10.1. The molecule has 0 aliphatic rings. The summed E-state index contributed by atoms with van der Waals surface area (Å²) < 4.78 is 0.921. The third kappa shape index (κ3) is 5.23. The molecule has 0 saturated carbocycles. The van der Waals surface area contributed by atoms with Gasteiger partial charge in [-0.1, -0.05) is 15.9 Å². The molecule has 2 aromatic rings. The van der Waals surface area contributed by atoms with Crippen LogP contribution in [0.5, 0.6) is 0 Å². The van der Waals surface area contributed by atoms with Crippen LogP contribution in [-0.2, 0) is 4.79 Å². The highest BCUT2D eigenvalue weighted by Gasteiger charge is 2.06. The van der Waals surface area contributed by atoms with Crippen molar-refractivity contribution >= 4 is 39.2 Å². The summed E-state index contributed by atoms with van der Waals surface area (Å²) in [5.41, 5.74) is 1.22. The molecule has 0 bridgehead atoms. The van der Waals surface area contributed by atoms with Gasteiger partial charge in [-0.15, -0.1) is 0 Å². The van der Waals surface area contributed by atoms with Gasteiger partial charge in [0, 0.05) is 16.4 Å². The van der Waals surface area contributed by atoms with Crippen molar-refractivity contribution < 1.29 is 9.59 Å². The van der Waals surface area contributed by atoms with E-state index in [1.165, 1.54) is 6.20 Å². The lowest BCUT2D eigenvalue weighted by Gasteiger charge is -2.08. The predicted molar refractivity (Wildman–Crippen MR) is 84.0 cm³/mol. The Kier molecular flexibility index (Phi) is 5.28. The second-order valence-electron chi connectivity index (χ2n) is 4.10. The minimum Gasteiger partial charge on any atom is -0.329 e. The lowest BCUT2D eigenvalue weighted by Crippen LogP contribution is -2.35. The zero-order chi connectivity index (χ0) is 15.1. The Labute approximate surface area is 130 Å². The van der Waals surface area contributed by atoms with Gasteiger partial charge in [-0.25, -0.2) is 4.79 Å². The number of carbonyl (C=O) groups excluding carboxylic acids is 2. The largest absolute Gasteiger partial charge is 0.329 e. The van der Waals surface area contributed by atoms with Crippen LogP contribution in [0.25, 0.3) is 0 Å². The van der Waals surface area contributed by atoms with Crippen LogP contribution in [0.1, 0.15) is 0 Å². The summed E-state index contributed by atoms with van der Waals surface area (Å²) in [6.45, 7) is -0.128. The van der Waals surface area contributed by atoms with Crippen molar-refractivity contribution in [3.63, 3.8) is 0 Å². The molecule has 2 rings (SSSR count). The molecule has 7 heteroatoms. The quantitative estimate of drug-likeness (QED) is 0.794. The van der Waals surface area contributed by atoms with Gasteiger partial charge in [0.2, 0.25) is 5.91 Å². The monoisotopic (exact) mass is 348 g/mol. The molecular formula is C14H13BrN4O2. The van der Waals surface area contributed by atoms with Gasteiger partial charge >= 0.3 is 6.03 Å². The van der Waals surface area contributed by atoms with Gasteiger partial charge in [0.05, 0.1) is 18.4 Å². The maximum Gasteiger partial charge on any atom is 0.319 e. The van der Waals surface area contributed by atoms with E-state index in [9.17, 15) is 9.59 Å². The molecule has 0 spiro atoms. The minimum atomic E-state index is -0.446. The molecule has 1 aromatic heterocycles. The fraction of sp³-hybridized carbons (Fsp3) is 0.0714. The first-order valence-electron chi connectivity index (χ1n) is 6.14. The van der Waals surface area contributed by atoms with Crippen LogP contribution in [0.4, 0.5) is 16.2 Å². The highest BCUT2D eigenvalue weighted by molar-refractivity contribution is 9.10. The normalized spacial score (nSPS) is 9.76. The number of amides is 3. The molecule has 0 unspecified atom stereocenters. The molecule has 6 nitrogen and oxygen atoms in total. The van der Waals surface area contributed by atoms with E-state index >= 15 is 0 Å². The first-order valence-corrected chi connectivity index (χ1v) is 6.93. The van der Waals surface area contributed by atoms with Crippen molar-refractivity contribution in [2.75, 3.05) is 17.2 Å². The number of nitrogens with zero attached hydrogens (tertiary/aromatic N) is 1. The van der Waals surface area contributed by atoms with Crippen molar-refractivity contribution in [3.8, 4) is 0 Å². The molecule has 0 radical (unpaired) electrons. The molecule has 0 aliphatic carbocycles. The van der Waals surface area contributed by atoms with Gasteiger partial charge in [0.25, 0.3) is 0 Å². The van der Waals surface area contributed by atoms with Crippen LogP contribution in [0.2, 0.25) is 0 Å². The third-order valence-electron chi connectivity index (χ3n) is 2.46. The number of urea groups is 1. The number of anilines is 2. The van der Waals surface area contributed by atoms with Crippen molar-refractivity contribution in [1.29, 1.82) is 0 Å². The highest BCUT2D eigenvalue weighted by Crippen LogP contribution is 2.13. The molecule has 0 saturated heterocycles. The van der Waals surface area contributed by atoms with Gasteiger partial charge < -0.3 is 16.0 Å². The molecule has 1 heterocycles. The van der Waals surface area contributed by atoms with Crippen molar-refractivity contribution in [3.05, 3.63) is 53.3 Å². The van der Waals surface area contributed by atoms with Gasteiger partial charge in [-0.2, -0.15) is 0 Å². The Balaban J connectivity index is 1.76. The molecule has 3 amide bonds. The molecule has 21 heavy (non-hydrogen) atoms. The summed E-state index contributed by atoms with van der Waals surface area (Å²) >= 11 is 3.31. The Morgan fingerprint density at radius 3 is 2.48 bits per heavy atom. The van der Waals surface area contributed by atoms with Crippen LogP contribution < -0.4 is 16.0 Å². The zero-order valence-corrected chi connectivity index (χ0v) is 12.6. The number of rotatable bonds is 4. The lowest BCUT2D eigenvalue weighted by molar-refractivity contribution is -0.115. The van der Waals surface area contributed by atoms with E-state index < -0.39 is 6.03 Å². The van der Waals surface area contributed by atoms with Gasteiger partial charge in [-0.05, 0) is 36.4 Å². The number of hydrogen-bond acceptors (Lipinski definition) is 3. The van der Waals surface area contributed by atoms with E-state index in [1.807, 2.05) is 12.1 Å². The third-order valence-corrected chi connectivity index (χ3v) is 2.99. The summed E-state index contributed by atoms with van der Waals surface area (Å²) in [7, 11) is 0. The number of pyridine rings is 1. The minimum absolute atomic E-state index is 0.128. The first-order chi connectivity index (χ1) is 10.1. The second-order valence-corrected chi connectivity index (χ2v) is 5.02. The molecule has 0 fully saturated rings. The van der Waals surface area contributed by atoms with Crippen molar-refractivity contribution in [2.24, 2.45) is 0 Å². The summed E-state index contributed by atoms with van der Waals surface area (Å²) in [5, 5.41) is 7.72. The van der Waals surface area contributed by atoms with Gasteiger partial charge in [0.15, 0.2) is 0 Å². The van der Waals surface area contributed by atoms with Crippen molar-refractivity contribution in [1.82, 2.24) is 10.3 Å². The molecular weight excluding hydrogens is 336 g/mol. The fourth-order valence-electron chi connectivity index (χ4n) is 1.51. The molecule has 3 N–H and O–H groups in total. The number of carbonyl (C=O) groups is 2. The Hall–Kier alpha value is -2.41. The van der Waals surface area contributed by atoms with Crippen LogP contribution in [0.3, 0.4) is 0 Å². The van der Waals surface area contributed by atoms with E-state index in [0.717, 1.165) is 4.47 Å². The smallest absolute Gasteiger partial charge is 0.319 e. The fourth-order valence-corrected chi connectivity index (χ4v) is 1.78. The topological polar surface area (TPSA) is 83.1 Å². The first kappa shape index (κ1) is 15.0. The average molecular weight is 349 g/mol. The second kappa shape index (κ2) is 7.39. The van der Waals surface area contributed by atoms with E-state index in [2.05, 4.69) is 36.9 Å². The lowest BCUT2D eigenvalue weighted by atomic mass is 10.3. The van der Waals surface area contributed by atoms with Crippen molar-refractivity contribution in [2.45, 2.75) is 0 Å². The highest BCUT2D eigenvalue weighted by atomic mass is 79.9. The van der Waals surface area contributed by atoms with Crippen LogP contribution in [0.15, 0.2) is 53.3 Å². The number of nitrogens with one attached hydrogen (secondary N) is 3. The van der Waals surface area contributed by atoms with Gasteiger partial charge in [0.1, 0.15) is 0 Å². The maximum absolute atomic E-state index is 11.6. The molecule has 0 atom stereocenters. The molecule has 0 aliphatic heterocycles. The van der Waals surface area contributed by atoms with E-state index in [4.69, 9.17) is 0 Å². The summed E-state index contributed by atoms with van der Waals surface area (Å²) in [5.74, 6) is -0.325. The summed E-state index contributed by atoms with van der Waals surface area (Å²) in [6.07, 6.45) is 3.14. The molecule has 1 aromatic carbocycles. The van der Waals surface area contributed by atoms with E-state index in [0.29, 0.717) is 11.4 Å². The maximum atomic E-state index is 11.6. The Morgan fingerprint density at radius 1 is 1.05 bits per heavy atom. The number of benzene rings is 1. The van der Waals surface area contributed by atoms with Crippen LogP contribution >= 0.6 is 15.9 Å². The molecule has 108 valence electrons. The number of hydrogen-bond donors (Lipinski definition) is 3. The number of aromatic nitrogens is 1. The standard InChI is InChI=1S/C14H13BrN4O2/c15-10-3-5-11(6-4-10)19-14(21)17-9-13(20)18-12-2-1-7-16-8-12/h1-8H,9H2,(H,18,20)(H2,17,19,21). The SMILES string of the molecule is O=C(CNC(=O)Nc1ccc(Br)cc1)Nc1cccnc1. The van der Waals surface area contributed by atoms with E-state index in [1.54, 1.807) is 30.5 Å². The zero-order valence-electron chi connectivity index (χ0n) is 11.0. The number of halogens is 1. The van der Waals surface area contributed by atoms with Crippen LogP contribution in [0, 0.1) is 0 Å². The van der Waals surface area contributed by atoms with Crippen LogP contribution in [-0.4, -0.2) is 23.5 Å². The van der Waals surface area contributed by atoms with Gasteiger partial charge in [-0.3, -0.25) is 9.78 Å². The Morgan fingerprint density at radius 2 is 1.81 bits per heavy atom. The van der Waals surface area contributed by atoms with E-state index in [-0.39, 0.29) is 12.5 Å². The average Bonchev–Trinajstić information content (AvgIpc) is 2.49.